The molecular weight excluding hydrogens is 284 g/mol. The highest BCUT2D eigenvalue weighted by molar-refractivity contribution is 7.91. The molecule has 2 amide bonds. The summed E-state index contributed by atoms with van der Waals surface area (Å²) in [5, 5.41) is 14.1. The standard InChI is InChI=1S/C12H22N2O5S/c1-8(2)10(11(15)16)6-14-12(17)13-5-9-3-4-20(18,19)7-9/h8-10H,3-7H2,1-2H3,(H,15,16)(H2,13,14,17). The fourth-order valence-electron chi connectivity index (χ4n) is 2.14. The molecule has 3 N–H and O–H groups in total. The Kier molecular flexibility index (Phi) is 5.79. The van der Waals surface area contributed by atoms with E-state index in [4.69, 9.17) is 5.11 Å². The van der Waals surface area contributed by atoms with E-state index in [2.05, 4.69) is 10.6 Å². The molecule has 1 fully saturated rings. The van der Waals surface area contributed by atoms with E-state index >= 15 is 0 Å². The maximum Gasteiger partial charge on any atom is 0.314 e. The number of carboxylic acids is 1. The molecule has 1 aliphatic heterocycles. The number of amides is 2. The zero-order valence-corrected chi connectivity index (χ0v) is 12.6. The average Bonchev–Trinajstić information content (AvgIpc) is 2.65. The van der Waals surface area contributed by atoms with Crippen LogP contribution in [0.5, 0.6) is 0 Å². The van der Waals surface area contributed by atoms with E-state index in [-0.39, 0.29) is 29.9 Å². The van der Waals surface area contributed by atoms with Gasteiger partial charge in [-0.3, -0.25) is 4.79 Å². The van der Waals surface area contributed by atoms with Gasteiger partial charge in [0.25, 0.3) is 0 Å². The van der Waals surface area contributed by atoms with Gasteiger partial charge in [-0.1, -0.05) is 13.8 Å². The number of carbonyl (C=O) groups is 2. The fraction of sp³-hybridized carbons (Fsp3) is 0.833. The van der Waals surface area contributed by atoms with Crippen LogP contribution >= 0.6 is 0 Å². The van der Waals surface area contributed by atoms with E-state index in [0.717, 1.165) is 0 Å². The van der Waals surface area contributed by atoms with Gasteiger partial charge in [-0.05, 0) is 18.3 Å². The highest BCUT2D eigenvalue weighted by Gasteiger charge is 2.28. The lowest BCUT2D eigenvalue weighted by Crippen LogP contribution is -2.42. The van der Waals surface area contributed by atoms with Crippen LogP contribution < -0.4 is 10.6 Å². The normalized spacial score (nSPS) is 22.4. The van der Waals surface area contributed by atoms with Crippen LogP contribution in [0.1, 0.15) is 20.3 Å². The Balaban J connectivity index is 2.29. The van der Waals surface area contributed by atoms with Crippen molar-refractivity contribution in [3.05, 3.63) is 0 Å². The zero-order chi connectivity index (χ0) is 15.3. The van der Waals surface area contributed by atoms with Gasteiger partial charge < -0.3 is 15.7 Å². The number of carbonyl (C=O) groups excluding carboxylic acids is 1. The molecule has 0 aliphatic carbocycles. The predicted molar refractivity (Wildman–Crippen MR) is 74.1 cm³/mol. The first-order valence-electron chi connectivity index (χ1n) is 6.66. The smallest absolute Gasteiger partial charge is 0.314 e. The second-order valence-corrected chi connectivity index (χ2v) is 7.78. The first-order chi connectivity index (χ1) is 9.21. The third-order valence-corrected chi connectivity index (χ3v) is 5.32. The molecule has 0 spiro atoms. The van der Waals surface area contributed by atoms with Crippen molar-refractivity contribution in [2.45, 2.75) is 20.3 Å². The van der Waals surface area contributed by atoms with Gasteiger partial charge in [0, 0.05) is 13.1 Å². The highest BCUT2D eigenvalue weighted by atomic mass is 32.2. The summed E-state index contributed by atoms with van der Waals surface area (Å²) in [6.45, 7) is 3.91. The van der Waals surface area contributed by atoms with E-state index in [9.17, 15) is 18.0 Å². The Morgan fingerprint density at radius 2 is 1.95 bits per heavy atom. The van der Waals surface area contributed by atoms with E-state index < -0.39 is 27.8 Å². The van der Waals surface area contributed by atoms with Gasteiger partial charge in [0.05, 0.1) is 17.4 Å². The maximum atomic E-state index is 11.5. The van der Waals surface area contributed by atoms with Crippen molar-refractivity contribution in [3.63, 3.8) is 0 Å². The van der Waals surface area contributed by atoms with Crippen LogP contribution in [0.4, 0.5) is 4.79 Å². The summed E-state index contributed by atoms with van der Waals surface area (Å²) in [6.07, 6.45) is 0.562. The zero-order valence-electron chi connectivity index (χ0n) is 11.8. The minimum absolute atomic E-state index is 0.0499. The summed E-state index contributed by atoms with van der Waals surface area (Å²) in [4.78, 5) is 22.5. The van der Waals surface area contributed by atoms with Gasteiger partial charge in [-0.2, -0.15) is 0 Å². The molecule has 0 radical (unpaired) electrons. The number of sulfone groups is 1. The monoisotopic (exact) mass is 306 g/mol. The third kappa shape index (κ3) is 5.36. The van der Waals surface area contributed by atoms with Crippen molar-refractivity contribution in [3.8, 4) is 0 Å². The number of aliphatic carboxylic acids is 1. The van der Waals surface area contributed by atoms with Crippen molar-refractivity contribution in [2.75, 3.05) is 24.6 Å². The van der Waals surface area contributed by atoms with Crippen molar-refractivity contribution in [2.24, 2.45) is 17.8 Å². The highest BCUT2D eigenvalue weighted by Crippen LogP contribution is 2.17. The molecule has 0 aromatic carbocycles. The second kappa shape index (κ2) is 6.92. The van der Waals surface area contributed by atoms with Crippen molar-refractivity contribution in [1.29, 1.82) is 0 Å². The van der Waals surface area contributed by atoms with Gasteiger partial charge in [0.1, 0.15) is 0 Å². The van der Waals surface area contributed by atoms with Crippen LogP contribution in [-0.4, -0.2) is 50.1 Å². The first kappa shape index (κ1) is 16.7. The average molecular weight is 306 g/mol. The van der Waals surface area contributed by atoms with Crippen LogP contribution in [0, 0.1) is 17.8 Å². The molecule has 1 aliphatic rings. The Bertz CT molecular complexity index is 460. The Hall–Kier alpha value is -1.31. The van der Waals surface area contributed by atoms with Crippen LogP contribution in [0.2, 0.25) is 0 Å². The van der Waals surface area contributed by atoms with Crippen LogP contribution in [0.25, 0.3) is 0 Å². The lowest BCUT2D eigenvalue weighted by atomic mass is 9.96. The molecule has 0 bridgehead atoms. The molecule has 1 rings (SSSR count). The predicted octanol–water partition coefficient (Wildman–Crippen LogP) is 0.0771. The molecule has 0 aromatic heterocycles. The van der Waals surface area contributed by atoms with Crippen molar-refractivity contribution < 1.29 is 23.1 Å². The molecule has 20 heavy (non-hydrogen) atoms. The molecule has 1 heterocycles. The third-order valence-electron chi connectivity index (χ3n) is 3.48. The Labute approximate surface area is 119 Å². The Morgan fingerprint density at radius 1 is 1.30 bits per heavy atom. The topological polar surface area (TPSA) is 113 Å². The van der Waals surface area contributed by atoms with Gasteiger partial charge in [-0.15, -0.1) is 0 Å². The quantitative estimate of drug-likeness (QED) is 0.643. The molecule has 2 unspecified atom stereocenters. The number of nitrogens with one attached hydrogen (secondary N) is 2. The van der Waals surface area contributed by atoms with Gasteiger partial charge in [0.15, 0.2) is 9.84 Å². The van der Waals surface area contributed by atoms with Gasteiger partial charge in [0.2, 0.25) is 0 Å². The molecule has 1 saturated heterocycles. The summed E-state index contributed by atoms with van der Waals surface area (Å²) in [5.41, 5.74) is 0. The molecule has 0 aromatic rings. The maximum absolute atomic E-state index is 11.5. The largest absolute Gasteiger partial charge is 0.481 e. The number of carboxylic acid groups (broad SMARTS) is 1. The lowest BCUT2D eigenvalue weighted by molar-refractivity contribution is -0.142. The molecule has 8 heteroatoms. The minimum atomic E-state index is -2.94. The summed E-state index contributed by atoms with van der Waals surface area (Å²) in [6, 6.07) is -0.457. The fourth-order valence-corrected chi connectivity index (χ4v) is 4.01. The van der Waals surface area contributed by atoms with Crippen molar-refractivity contribution in [1.82, 2.24) is 10.6 Å². The van der Waals surface area contributed by atoms with Crippen molar-refractivity contribution >= 4 is 21.8 Å². The molecule has 116 valence electrons. The van der Waals surface area contributed by atoms with E-state index in [1.54, 1.807) is 13.8 Å². The lowest BCUT2D eigenvalue weighted by Gasteiger charge is -2.17. The van der Waals surface area contributed by atoms with E-state index in [1.807, 2.05) is 0 Å². The molecule has 2 atom stereocenters. The number of hydrogen-bond acceptors (Lipinski definition) is 4. The first-order valence-corrected chi connectivity index (χ1v) is 8.48. The van der Waals surface area contributed by atoms with Crippen LogP contribution in [0.15, 0.2) is 0 Å². The summed E-state index contributed by atoms with van der Waals surface area (Å²) in [5.74, 6) is -1.42. The summed E-state index contributed by atoms with van der Waals surface area (Å²) >= 11 is 0. The van der Waals surface area contributed by atoms with Gasteiger partial charge in [-0.25, -0.2) is 13.2 Å². The van der Waals surface area contributed by atoms with Gasteiger partial charge >= 0.3 is 12.0 Å². The van der Waals surface area contributed by atoms with E-state index in [0.29, 0.717) is 13.0 Å². The Morgan fingerprint density at radius 3 is 2.40 bits per heavy atom. The summed E-state index contributed by atoms with van der Waals surface area (Å²) < 4.78 is 22.5. The van der Waals surface area contributed by atoms with Crippen LogP contribution in [-0.2, 0) is 14.6 Å². The SMILES string of the molecule is CC(C)C(CNC(=O)NCC1CCS(=O)(=O)C1)C(=O)O. The molecule has 7 nitrogen and oxygen atoms in total. The molecule has 0 saturated carbocycles. The number of hydrogen-bond donors (Lipinski definition) is 3. The van der Waals surface area contributed by atoms with E-state index in [1.165, 1.54) is 0 Å². The summed E-state index contributed by atoms with van der Waals surface area (Å²) in [7, 11) is -2.94. The number of urea groups is 1. The minimum Gasteiger partial charge on any atom is -0.481 e. The van der Waals surface area contributed by atoms with Crippen LogP contribution in [0.3, 0.4) is 0 Å². The second-order valence-electron chi connectivity index (χ2n) is 5.55. The number of rotatable bonds is 6. The molecular formula is C12H22N2O5S.